The van der Waals surface area contributed by atoms with Crippen molar-refractivity contribution in [2.24, 2.45) is 17.3 Å². The van der Waals surface area contributed by atoms with Crippen molar-refractivity contribution < 1.29 is 15.0 Å². The number of aliphatic carboxylic acids is 1. The van der Waals surface area contributed by atoms with Crippen LogP contribution in [0.15, 0.2) is 0 Å². The first kappa shape index (κ1) is 9.97. The van der Waals surface area contributed by atoms with E-state index < -0.39 is 11.4 Å². The van der Waals surface area contributed by atoms with Gasteiger partial charge in [-0.1, -0.05) is 6.92 Å². The highest BCUT2D eigenvalue weighted by molar-refractivity contribution is 5.76. The van der Waals surface area contributed by atoms with Gasteiger partial charge in [-0.3, -0.25) is 4.79 Å². The number of carbonyl (C=O) groups is 1. The highest BCUT2D eigenvalue weighted by Crippen LogP contribution is 2.50. The molecule has 0 radical (unpaired) electrons. The van der Waals surface area contributed by atoms with Crippen molar-refractivity contribution in [2.45, 2.75) is 45.1 Å². The van der Waals surface area contributed by atoms with Crippen LogP contribution in [-0.4, -0.2) is 22.3 Å². The zero-order valence-corrected chi connectivity index (χ0v) is 8.57. The molecule has 1 unspecified atom stereocenters. The fraction of sp³-hybridized carbons (Fsp3) is 0.909. The van der Waals surface area contributed by atoms with Crippen LogP contribution < -0.4 is 0 Å². The Morgan fingerprint density at radius 3 is 2.43 bits per heavy atom. The van der Waals surface area contributed by atoms with Crippen molar-refractivity contribution >= 4 is 5.97 Å². The van der Waals surface area contributed by atoms with E-state index in [2.05, 4.69) is 6.92 Å². The molecule has 80 valence electrons. The first-order valence-corrected chi connectivity index (χ1v) is 5.45. The van der Waals surface area contributed by atoms with Gasteiger partial charge in [0.1, 0.15) is 0 Å². The molecule has 3 heteroatoms. The van der Waals surface area contributed by atoms with E-state index in [1.165, 1.54) is 12.8 Å². The molecule has 0 saturated heterocycles. The summed E-state index contributed by atoms with van der Waals surface area (Å²) in [5, 5.41) is 18.4. The first-order valence-electron chi connectivity index (χ1n) is 5.45. The number of carboxylic acids is 1. The van der Waals surface area contributed by atoms with Crippen LogP contribution in [0.3, 0.4) is 0 Å². The summed E-state index contributed by atoms with van der Waals surface area (Å²) in [7, 11) is 0. The smallest absolute Gasteiger partial charge is 0.309 e. The summed E-state index contributed by atoms with van der Waals surface area (Å²) < 4.78 is 0. The summed E-state index contributed by atoms with van der Waals surface area (Å²) in [5.41, 5.74) is -0.596. The second kappa shape index (κ2) is 3.23. The van der Waals surface area contributed by atoms with E-state index in [-0.39, 0.29) is 6.10 Å². The first-order chi connectivity index (χ1) is 6.53. The fourth-order valence-corrected chi connectivity index (χ4v) is 2.72. The van der Waals surface area contributed by atoms with Crippen LogP contribution in [0.5, 0.6) is 0 Å². The van der Waals surface area contributed by atoms with Crippen LogP contribution in [0.4, 0.5) is 0 Å². The van der Waals surface area contributed by atoms with Crippen LogP contribution in [0.2, 0.25) is 0 Å². The topological polar surface area (TPSA) is 57.5 Å². The Labute approximate surface area is 84.1 Å². The molecule has 0 aromatic rings. The van der Waals surface area contributed by atoms with Crippen molar-refractivity contribution in [3.63, 3.8) is 0 Å². The summed E-state index contributed by atoms with van der Waals surface area (Å²) in [5.74, 6) is 0.554. The van der Waals surface area contributed by atoms with E-state index in [1.54, 1.807) is 0 Å². The molecular formula is C11H18O3. The standard InChI is InChI=1S/C11H18O3/c1-7(8-2-3-8)4-11(10(13)14)5-9(12)6-11/h7-9,12H,2-6H2,1H3,(H,13,14). The lowest BCUT2D eigenvalue weighted by Crippen LogP contribution is -2.47. The van der Waals surface area contributed by atoms with E-state index in [4.69, 9.17) is 5.11 Å². The minimum Gasteiger partial charge on any atom is -0.481 e. The molecule has 0 aromatic carbocycles. The molecule has 2 aliphatic rings. The van der Waals surface area contributed by atoms with Crippen LogP contribution >= 0.6 is 0 Å². The molecule has 2 rings (SSSR count). The van der Waals surface area contributed by atoms with Crippen molar-refractivity contribution in [3.8, 4) is 0 Å². The lowest BCUT2D eigenvalue weighted by Gasteiger charge is -2.43. The number of carboxylic acid groups (broad SMARTS) is 1. The van der Waals surface area contributed by atoms with E-state index in [0.29, 0.717) is 18.8 Å². The average Bonchev–Trinajstić information content (AvgIpc) is 2.82. The summed E-state index contributed by atoms with van der Waals surface area (Å²) in [6, 6.07) is 0. The molecule has 2 fully saturated rings. The molecule has 0 bridgehead atoms. The SMILES string of the molecule is CC(CC1(C(=O)O)CC(O)C1)C1CC1. The molecule has 3 nitrogen and oxygen atoms in total. The molecule has 2 N–H and O–H groups in total. The second-order valence-corrected chi connectivity index (χ2v) is 5.17. The van der Waals surface area contributed by atoms with Crippen molar-refractivity contribution in [1.82, 2.24) is 0 Å². The highest BCUT2D eigenvalue weighted by Gasteiger charge is 2.51. The van der Waals surface area contributed by atoms with Gasteiger partial charge < -0.3 is 10.2 Å². The average molecular weight is 198 g/mol. The molecule has 14 heavy (non-hydrogen) atoms. The molecule has 2 saturated carbocycles. The van der Waals surface area contributed by atoms with Crippen LogP contribution in [-0.2, 0) is 4.79 Å². The predicted molar refractivity (Wildman–Crippen MR) is 51.8 cm³/mol. The number of rotatable bonds is 4. The summed E-state index contributed by atoms with van der Waals surface area (Å²) in [6.45, 7) is 2.15. The lowest BCUT2D eigenvalue weighted by atomic mass is 9.62. The number of hydrogen-bond acceptors (Lipinski definition) is 2. The molecular weight excluding hydrogens is 180 g/mol. The monoisotopic (exact) mass is 198 g/mol. The maximum atomic E-state index is 11.1. The van der Waals surface area contributed by atoms with Gasteiger partial charge in [0.05, 0.1) is 11.5 Å². The minimum absolute atomic E-state index is 0.377. The Bertz CT molecular complexity index is 239. The van der Waals surface area contributed by atoms with E-state index in [9.17, 15) is 9.90 Å². The predicted octanol–water partition coefficient (Wildman–Crippen LogP) is 1.65. The molecule has 0 amide bonds. The Hall–Kier alpha value is -0.570. The Morgan fingerprint density at radius 2 is 2.07 bits per heavy atom. The third-order valence-electron chi connectivity index (χ3n) is 3.85. The Morgan fingerprint density at radius 1 is 1.50 bits per heavy atom. The number of aliphatic hydroxyl groups excluding tert-OH is 1. The maximum absolute atomic E-state index is 11.1. The van der Waals surface area contributed by atoms with Crippen LogP contribution in [0, 0.1) is 17.3 Å². The van der Waals surface area contributed by atoms with Gasteiger partial charge in [-0.25, -0.2) is 0 Å². The largest absolute Gasteiger partial charge is 0.481 e. The third-order valence-corrected chi connectivity index (χ3v) is 3.85. The van der Waals surface area contributed by atoms with Gasteiger partial charge in [-0.15, -0.1) is 0 Å². The summed E-state index contributed by atoms with van der Waals surface area (Å²) >= 11 is 0. The molecule has 1 atom stereocenters. The van der Waals surface area contributed by atoms with Gasteiger partial charge in [0, 0.05) is 0 Å². The molecule has 2 aliphatic carbocycles. The second-order valence-electron chi connectivity index (χ2n) is 5.17. The van der Waals surface area contributed by atoms with Gasteiger partial charge >= 0.3 is 5.97 Å². The van der Waals surface area contributed by atoms with Gasteiger partial charge in [-0.05, 0) is 43.9 Å². The van der Waals surface area contributed by atoms with Gasteiger partial charge in [0.15, 0.2) is 0 Å². The summed E-state index contributed by atoms with van der Waals surface area (Å²) in [4.78, 5) is 11.1. The van der Waals surface area contributed by atoms with Gasteiger partial charge in [0.2, 0.25) is 0 Å². The zero-order chi connectivity index (χ0) is 10.3. The van der Waals surface area contributed by atoms with E-state index in [0.717, 1.165) is 12.3 Å². The van der Waals surface area contributed by atoms with Crippen molar-refractivity contribution in [1.29, 1.82) is 0 Å². The van der Waals surface area contributed by atoms with Crippen LogP contribution in [0.25, 0.3) is 0 Å². The highest BCUT2D eigenvalue weighted by atomic mass is 16.4. The summed E-state index contributed by atoms with van der Waals surface area (Å²) in [6.07, 6.45) is 3.82. The van der Waals surface area contributed by atoms with Gasteiger partial charge in [-0.2, -0.15) is 0 Å². The van der Waals surface area contributed by atoms with E-state index >= 15 is 0 Å². The number of aliphatic hydroxyl groups is 1. The molecule has 0 aliphatic heterocycles. The van der Waals surface area contributed by atoms with Gasteiger partial charge in [0.25, 0.3) is 0 Å². The lowest BCUT2D eigenvalue weighted by molar-refractivity contribution is -0.165. The molecule has 0 spiro atoms. The Balaban J connectivity index is 1.94. The third kappa shape index (κ3) is 1.65. The van der Waals surface area contributed by atoms with E-state index in [1.807, 2.05) is 0 Å². The maximum Gasteiger partial charge on any atom is 0.309 e. The van der Waals surface area contributed by atoms with Crippen molar-refractivity contribution in [2.75, 3.05) is 0 Å². The molecule has 0 aromatic heterocycles. The fourth-order valence-electron chi connectivity index (χ4n) is 2.72. The van der Waals surface area contributed by atoms with Crippen molar-refractivity contribution in [3.05, 3.63) is 0 Å². The normalized spacial score (nSPS) is 38.9. The minimum atomic E-state index is -0.713. The Kier molecular flexibility index (Phi) is 2.30. The number of hydrogen-bond donors (Lipinski definition) is 2. The molecule has 0 heterocycles. The van der Waals surface area contributed by atoms with Crippen LogP contribution in [0.1, 0.15) is 39.0 Å². The zero-order valence-electron chi connectivity index (χ0n) is 8.57. The quantitative estimate of drug-likeness (QED) is 0.722.